The second kappa shape index (κ2) is 6.96. The summed E-state index contributed by atoms with van der Waals surface area (Å²) < 4.78 is 25.4. The average Bonchev–Trinajstić information content (AvgIpc) is 2.53. The molecule has 21 heavy (non-hydrogen) atoms. The molecule has 0 aromatic heterocycles. The van der Waals surface area contributed by atoms with Gasteiger partial charge in [-0.1, -0.05) is 31.2 Å². The molecule has 0 saturated carbocycles. The van der Waals surface area contributed by atoms with Crippen molar-refractivity contribution < 1.29 is 8.60 Å². The Kier molecular flexibility index (Phi) is 5.26. The largest absolute Gasteiger partial charge is 0.323 e. The van der Waals surface area contributed by atoms with Crippen LogP contribution in [0.5, 0.6) is 0 Å². The molecule has 3 atom stereocenters. The lowest BCUT2D eigenvalue weighted by atomic mass is 10.0. The summed E-state index contributed by atoms with van der Waals surface area (Å²) in [6, 6.07) is 13.5. The molecule has 0 radical (unpaired) electrons. The molecular weight excluding hydrogens is 285 g/mol. The average molecular weight is 305 g/mol. The van der Waals surface area contributed by atoms with Crippen molar-refractivity contribution in [3.63, 3.8) is 0 Å². The summed E-state index contributed by atoms with van der Waals surface area (Å²) in [5.74, 6) is -0.331. The van der Waals surface area contributed by atoms with Crippen molar-refractivity contribution in [3.8, 4) is 0 Å². The van der Waals surface area contributed by atoms with E-state index in [4.69, 9.17) is 5.73 Å². The van der Waals surface area contributed by atoms with E-state index in [1.54, 1.807) is 12.1 Å². The Labute approximate surface area is 127 Å². The molecule has 2 nitrogen and oxygen atoms in total. The van der Waals surface area contributed by atoms with Crippen LogP contribution in [0.4, 0.5) is 4.39 Å². The van der Waals surface area contributed by atoms with Crippen LogP contribution in [-0.4, -0.2) is 9.46 Å². The van der Waals surface area contributed by atoms with Gasteiger partial charge in [0.25, 0.3) is 0 Å². The maximum Gasteiger partial charge on any atom is 0.123 e. The number of benzene rings is 2. The Hall–Kier alpha value is -1.52. The van der Waals surface area contributed by atoms with Crippen LogP contribution in [-0.2, 0) is 17.2 Å². The van der Waals surface area contributed by atoms with Gasteiger partial charge in [0.05, 0.1) is 16.0 Å². The lowest BCUT2D eigenvalue weighted by molar-refractivity contribution is 0.624. The zero-order chi connectivity index (χ0) is 15.4. The quantitative estimate of drug-likeness (QED) is 0.917. The molecule has 2 rings (SSSR count). The first-order chi connectivity index (χ1) is 10.0. The SMILES string of the molecule is CCc1ccc(C(N)C(C)S(=O)c2ccc(F)cc2)cc1. The number of aryl methyl sites for hydroxylation is 1. The Bertz CT molecular complexity index is 610. The van der Waals surface area contributed by atoms with Gasteiger partial charge in [-0.15, -0.1) is 0 Å². The monoisotopic (exact) mass is 305 g/mol. The van der Waals surface area contributed by atoms with Crippen LogP contribution in [0.1, 0.15) is 31.0 Å². The van der Waals surface area contributed by atoms with Crippen LogP contribution in [0.15, 0.2) is 53.4 Å². The van der Waals surface area contributed by atoms with Crippen LogP contribution >= 0.6 is 0 Å². The molecule has 2 aromatic rings. The van der Waals surface area contributed by atoms with E-state index in [1.165, 1.54) is 17.7 Å². The summed E-state index contributed by atoms with van der Waals surface area (Å²) in [5.41, 5.74) is 8.45. The van der Waals surface area contributed by atoms with E-state index >= 15 is 0 Å². The van der Waals surface area contributed by atoms with Gasteiger partial charge in [-0.3, -0.25) is 4.21 Å². The molecule has 0 bridgehead atoms. The standard InChI is InChI=1S/C17H20FNOS/c1-3-13-4-6-14(7-5-13)17(19)12(2)21(20)16-10-8-15(18)9-11-16/h4-12,17H,3,19H2,1-2H3. The molecule has 3 unspecified atom stereocenters. The third-order valence-electron chi connectivity index (χ3n) is 3.66. The molecule has 2 N–H and O–H groups in total. The molecule has 0 amide bonds. The van der Waals surface area contributed by atoms with E-state index in [9.17, 15) is 8.60 Å². The van der Waals surface area contributed by atoms with Gasteiger partial charge >= 0.3 is 0 Å². The third kappa shape index (κ3) is 3.77. The zero-order valence-electron chi connectivity index (χ0n) is 12.3. The lowest BCUT2D eigenvalue weighted by Gasteiger charge is -2.20. The third-order valence-corrected chi connectivity index (χ3v) is 5.37. The van der Waals surface area contributed by atoms with Crippen molar-refractivity contribution in [1.82, 2.24) is 0 Å². The number of hydrogen-bond donors (Lipinski definition) is 1. The summed E-state index contributed by atoms with van der Waals surface area (Å²) >= 11 is 0. The molecule has 0 aliphatic carbocycles. The van der Waals surface area contributed by atoms with Gasteiger partial charge in [0.15, 0.2) is 0 Å². The molecule has 0 heterocycles. The minimum Gasteiger partial charge on any atom is -0.323 e. The Morgan fingerprint density at radius 2 is 1.67 bits per heavy atom. The van der Waals surface area contributed by atoms with Crippen molar-refractivity contribution in [1.29, 1.82) is 0 Å². The van der Waals surface area contributed by atoms with E-state index in [2.05, 4.69) is 6.92 Å². The minimum atomic E-state index is -1.27. The minimum absolute atomic E-state index is 0.247. The van der Waals surface area contributed by atoms with Gasteiger partial charge in [-0.2, -0.15) is 0 Å². The van der Waals surface area contributed by atoms with Gasteiger partial charge in [0.2, 0.25) is 0 Å². The van der Waals surface area contributed by atoms with Gasteiger partial charge in [0, 0.05) is 10.9 Å². The summed E-state index contributed by atoms with van der Waals surface area (Å²) in [4.78, 5) is 0.601. The van der Waals surface area contributed by atoms with Crippen molar-refractivity contribution in [3.05, 3.63) is 65.5 Å². The molecule has 2 aromatic carbocycles. The Balaban J connectivity index is 2.15. The van der Waals surface area contributed by atoms with Crippen molar-refractivity contribution in [2.45, 2.75) is 36.5 Å². The fourth-order valence-corrected chi connectivity index (χ4v) is 3.42. The number of rotatable bonds is 5. The molecule has 0 aliphatic rings. The van der Waals surface area contributed by atoms with Crippen LogP contribution < -0.4 is 5.73 Å². The van der Waals surface area contributed by atoms with Crippen molar-refractivity contribution >= 4 is 10.8 Å². The maximum absolute atomic E-state index is 12.9. The maximum atomic E-state index is 12.9. The highest BCUT2D eigenvalue weighted by Gasteiger charge is 2.22. The smallest absolute Gasteiger partial charge is 0.123 e. The second-order valence-corrected chi connectivity index (χ2v) is 6.89. The van der Waals surface area contributed by atoms with Crippen LogP contribution in [0.3, 0.4) is 0 Å². The van der Waals surface area contributed by atoms with Crippen molar-refractivity contribution in [2.24, 2.45) is 5.73 Å². The number of nitrogens with two attached hydrogens (primary N) is 1. The highest BCUT2D eigenvalue weighted by molar-refractivity contribution is 7.85. The number of hydrogen-bond acceptors (Lipinski definition) is 2. The summed E-state index contributed by atoms with van der Waals surface area (Å²) in [6.07, 6.45) is 0.979. The van der Waals surface area contributed by atoms with E-state index in [0.717, 1.165) is 12.0 Å². The van der Waals surface area contributed by atoms with E-state index in [0.29, 0.717) is 4.90 Å². The molecule has 4 heteroatoms. The first-order valence-electron chi connectivity index (χ1n) is 7.03. The second-order valence-electron chi connectivity index (χ2n) is 5.08. The summed E-state index contributed by atoms with van der Waals surface area (Å²) in [6.45, 7) is 3.96. The van der Waals surface area contributed by atoms with Gasteiger partial charge in [-0.05, 0) is 48.7 Å². The van der Waals surface area contributed by atoms with Crippen LogP contribution in [0.2, 0.25) is 0 Å². The van der Waals surface area contributed by atoms with E-state index in [-0.39, 0.29) is 17.1 Å². The predicted octanol–water partition coefficient (Wildman–Crippen LogP) is 3.58. The molecule has 0 fully saturated rings. The van der Waals surface area contributed by atoms with Crippen LogP contribution in [0, 0.1) is 5.82 Å². The Morgan fingerprint density at radius 3 is 2.19 bits per heavy atom. The predicted molar refractivity (Wildman–Crippen MR) is 85.0 cm³/mol. The van der Waals surface area contributed by atoms with Gasteiger partial charge in [-0.25, -0.2) is 4.39 Å². The Morgan fingerprint density at radius 1 is 1.10 bits per heavy atom. The first-order valence-corrected chi connectivity index (χ1v) is 8.24. The molecule has 0 spiro atoms. The van der Waals surface area contributed by atoms with E-state index in [1.807, 2.05) is 31.2 Å². The van der Waals surface area contributed by atoms with Gasteiger partial charge < -0.3 is 5.73 Å². The molecule has 0 aliphatic heterocycles. The highest BCUT2D eigenvalue weighted by atomic mass is 32.2. The summed E-state index contributed by atoms with van der Waals surface area (Å²) in [5, 5.41) is -0.247. The van der Waals surface area contributed by atoms with Crippen molar-refractivity contribution in [2.75, 3.05) is 0 Å². The van der Waals surface area contributed by atoms with E-state index < -0.39 is 10.8 Å². The number of halogens is 1. The lowest BCUT2D eigenvalue weighted by Crippen LogP contribution is -2.27. The first kappa shape index (κ1) is 15.9. The topological polar surface area (TPSA) is 43.1 Å². The fraction of sp³-hybridized carbons (Fsp3) is 0.294. The normalized spacial score (nSPS) is 15.4. The zero-order valence-corrected chi connectivity index (χ0v) is 13.1. The highest BCUT2D eigenvalue weighted by Crippen LogP contribution is 2.23. The summed E-state index contributed by atoms with van der Waals surface area (Å²) in [7, 11) is -1.27. The van der Waals surface area contributed by atoms with Gasteiger partial charge in [0.1, 0.15) is 5.82 Å². The molecular formula is C17H20FNOS. The fourth-order valence-electron chi connectivity index (χ4n) is 2.16. The molecule has 112 valence electrons. The molecule has 0 saturated heterocycles. The van der Waals surface area contributed by atoms with Crippen LogP contribution in [0.25, 0.3) is 0 Å².